The summed E-state index contributed by atoms with van der Waals surface area (Å²) >= 11 is 0. The average molecular weight is 466 g/mol. The number of aliphatic carboxylic acids is 1. The van der Waals surface area contributed by atoms with Crippen molar-refractivity contribution in [2.75, 3.05) is 32.9 Å². The van der Waals surface area contributed by atoms with E-state index in [0.717, 1.165) is 23.2 Å². The SMILES string of the molecule is Cc1cccc(C(=O)N2C[C@@H]3COC[C@]3(COCc3cccnc3)C2)c1.O=C(O)C(F)(F)F. The first-order valence-electron chi connectivity index (χ1n) is 10.3. The molecule has 3 heterocycles. The molecule has 2 aliphatic heterocycles. The van der Waals surface area contributed by atoms with Crippen molar-refractivity contribution < 1.29 is 37.3 Å². The molecule has 7 nitrogen and oxygen atoms in total. The molecule has 4 rings (SSSR count). The fraction of sp³-hybridized carbons (Fsp3) is 0.435. The molecule has 33 heavy (non-hydrogen) atoms. The van der Waals surface area contributed by atoms with Crippen molar-refractivity contribution in [2.24, 2.45) is 11.3 Å². The van der Waals surface area contributed by atoms with Crippen molar-refractivity contribution >= 4 is 11.9 Å². The Morgan fingerprint density at radius 3 is 2.70 bits per heavy atom. The van der Waals surface area contributed by atoms with Gasteiger partial charge in [0, 0.05) is 42.4 Å². The summed E-state index contributed by atoms with van der Waals surface area (Å²) in [5, 5.41) is 7.12. The molecular weight excluding hydrogens is 441 g/mol. The third-order valence-electron chi connectivity index (χ3n) is 5.70. The minimum atomic E-state index is -5.08. The van der Waals surface area contributed by atoms with Crippen molar-refractivity contribution in [3.05, 3.63) is 65.5 Å². The van der Waals surface area contributed by atoms with Gasteiger partial charge in [0.05, 0.1) is 26.4 Å². The number of pyridine rings is 1. The highest BCUT2D eigenvalue weighted by atomic mass is 19.4. The molecule has 1 aromatic heterocycles. The number of hydrogen-bond donors (Lipinski definition) is 1. The molecule has 2 aromatic rings. The second-order valence-electron chi connectivity index (χ2n) is 8.29. The van der Waals surface area contributed by atoms with Crippen LogP contribution in [0.15, 0.2) is 48.8 Å². The number of carboxylic acid groups (broad SMARTS) is 1. The third kappa shape index (κ3) is 6.29. The van der Waals surface area contributed by atoms with Gasteiger partial charge in [-0.1, -0.05) is 23.8 Å². The predicted molar refractivity (Wildman–Crippen MR) is 111 cm³/mol. The number of likely N-dealkylation sites (tertiary alicyclic amines) is 1. The van der Waals surface area contributed by atoms with Crippen LogP contribution in [0.2, 0.25) is 0 Å². The summed E-state index contributed by atoms with van der Waals surface area (Å²) in [5.74, 6) is -2.31. The molecular formula is C23H25F3N2O5. The molecule has 2 aliphatic rings. The van der Waals surface area contributed by atoms with Gasteiger partial charge in [-0.3, -0.25) is 9.78 Å². The Balaban J connectivity index is 0.000000383. The molecule has 1 amide bonds. The van der Waals surface area contributed by atoms with E-state index in [0.29, 0.717) is 38.9 Å². The number of carbonyl (C=O) groups is 2. The van der Waals surface area contributed by atoms with Gasteiger partial charge in [0.2, 0.25) is 0 Å². The van der Waals surface area contributed by atoms with Gasteiger partial charge in [-0.2, -0.15) is 13.2 Å². The number of halogens is 3. The normalized spacial score (nSPS) is 21.8. The monoisotopic (exact) mass is 466 g/mol. The first-order chi connectivity index (χ1) is 15.6. The lowest BCUT2D eigenvalue weighted by atomic mass is 9.82. The molecule has 178 valence electrons. The third-order valence-corrected chi connectivity index (χ3v) is 5.70. The summed E-state index contributed by atoms with van der Waals surface area (Å²) in [5.41, 5.74) is 2.83. The summed E-state index contributed by atoms with van der Waals surface area (Å²) in [4.78, 5) is 27.9. The molecule has 2 atom stereocenters. The van der Waals surface area contributed by atoms with Crippen LogP contribution < -0.4 is 0 Å². The van der Waals surface area contributed by atoms with Crippen LogP contribution in [0, 0.1) is 18.3 Å². The second-order valence-corrected chi connectivity index (χ2v) is 8.29. The Kier molecular flexibility index (Phi) is 7.70. The lowest BCUT2D eigenvalue weighted by molar-refractivity contribution is -0.192. The number of aryl methyl sites for hydroxylation is 1. The van der Waals surface area contributed by atoms with Crippen LogP contribution in [0.5, 0.6) is 0 Å². The van der Waals surface area contributed by atoms with Crippen molar-refractivity contribution in [1.29, 1.82) is 0 Å². The van der Waals surface area contributed by atoms with Crippen LogP contribution >= 0.6 is 0 Å². The first kappa shape index (κ1) is 24.7. The van der Waals surface area contributed by atoms with E-state index in [-0.39, 0.29) is 11.3 Å². The maximum absolute atomic E-state index is 12.9. The number of ether oxygens (including phenoxy) is 2. The molecule has 0 bridgehead atoms. The van der Waals surface area contributed by atoms with Crippen LogP contribution in [0.3, 0.4) is 0 Å². The first-order valence-corrected chi connectivity index (χ1v) is 10.3. The highest BCUT2D eigenvalue weighted by Gasteiger charge is 2.52. The van der Waals surface area contributed by atoms with Crippen LogP contribution in [-0.4, -0.2) is 66.0 Å². The van der Waals surface area contributed by atoms with Crippen molar-refractivity contribution in [2.45, 2.75) is 19.7 Å². The van der Waals surface area contributed by atoms with E-state index in [1.54, 1.807) is 6.20 Å². The van der Waals surface area contributed by atoms with Gasteiger partial charge in [-0.25, -0.2) is 4.79 Å². The second kappa shape index (κ2) is 10.3. The number of alkyl halides is 3. The number of benzene rings is 1. The van der Waals surface area contributed by atoms with E-state index in [4.69, 9.17) is 19.4 Å². The smallest absolute Gasteiger partial charge is 0.475 e. The molecule has 0 spiro atoms. The highest BCUT2D eigenvalue weighted by molar-refractivity contribution is 5.94. The Hall–Kier alpha value is -2.98. The Labute approximate surface area is 189 Å². The van der Waals surface area contributed by atoms with E-state index in [1.165, 1.54) is 0 Å². The van der Waals surface area contributed by atoms with Crippen LogP contribution in [0.1, 0.15) is 21.5 Å². The number of nitrogens with zero attached hydrogens (tertiary/aromatic N) is 2. The van der Waals surface area contributed by atoms with Gasteiger partial charge in [-0.05, 0) is 30.7 Å². The molecule has 1 N–H and O–H groups in total. The van der Waals surface area contributed by atoms with Crippen molar-refractivity contribution in [3.8, 4) is 0 Å². The maximum Gasteiger partial charge on any atom is 0.490 e. The zero-order chi connectivity index (χ0) is 24.1. The fourth-order valence-corrected chi connectivity index (χ4v) is 4.01. The summed E-state index contributed by atoms with van der Waals surface area (Å²) < 4.78 is 43.5. The van der Waals surface area contributed by atoms with Gasteiger partial charge in [0.25, 0.3) is 5.91 Å². The zero-order valence-corrected chi connectivity index (χ0v) is 18.0. The summed E-state index contributed by atoms with van der Waals surface area (Å²) in [6.07, 6.45) is -1.50. The van der Waals surface area contributed by atoms with E-state index in [9.17, 15) is 18.0 Å². The average Bonchev–Trinajstić information content (AvgIpc) is 3.31. The van der Waals surface area contributed by atoms with Crippen LogP contribution in [0.4, 0.5) is 13.2 Å². The minimum Gasteiger partial charge on any atom is -0.475 e. The van der Waals surface area contributed by atoms with Gasteiger partial charge in [0.15, 0.2) is 0 Å². The largest absolute Gasteiger partial charge is 0.490 e. The topological polar surface area (TPSA) is 89.0 Å². The van der Waals surface area contributed by atoms with Crippen molar-refractivity contribution in [1.82, 2.24) is 9.88 Å². The number of rotatable bonds is 5. The van der Waals surface area contributed by atoms with Gasteiger partial charge >= 0.3 is 12.1 Å². The van der Waals surface area contributed by atoms with Gasteiger partial charge in [0.1, 0.15) is 0 Å². The number of amides is 1. The van der Waals surface area contributed by atoms with Gasteiger partial charge in [-0.15, -0.1) is 0 Å². The van der Waals surface area contributed by atoms with E-state index in [1.807, 2.05) is 54.4 Å². The quantitative estimate of drug-likeness (QED) is 0.727. The molecule has 2 fully saturated rings. The summed E-state index contributed by atoms with van der Waals surface area (Å²) in [7, 11) is 0. The van der Waals surface area contributed by atoms with Gasteiger partial charge < -0.3 is 19.5 Å². The number of hydrogen-bond acceptors (Lipinski definition) is 5. The number of carboxylic acids is 1. The highest BCUT2D eigenvalue weighted by Crippen LogP contribution is 2.42. The fourth-order valence-electron chi connectivity index (χ4n) is 4.01. The summed E-state index contributed by atoms with van der Waals surface area (Å²) in [6.45, 7) is 5.94. The number of aromatic nitrogens is 1. The van der Waals surface area contributed by atoms with E-state index < -0.39 is 12.1 Å². The molecule has 0 unspecified atom stereocenters. The Morgan fingerprint density at radius 1 is 1.30 bits per heavy atom. The molecule has 2 saturated heterocycles. The molecule has 0 saturated carbocycles. The van der Waals surface area contributed by atoms with E-state index >= 15 is 0 Å². The maximum atomic E-state index is 12.9. The Morgan fingerprint density at radius 2 is 2.06 bits per heavy atom. The molecule has 0 aliphatic carbocycles. The molecule has 10 heteroatoms. The molecule has 0 radical (unpaired) electrons. The minimum absolute atomic E-state index is 0.0955. The number of fused-ring (bicyclic) bond motifs is 1. The predicted octanol–water partition coefficient (Wildman–Crippen LogP) is 3.33. The summed E-state index contributed by atoms with van der Waals surface area (Å²) in [6, 6.07) is 11.7. The standard InChI is InChI=1S/C21H24N2O3.C2HF3O2/c1-16-4-2-6-18(8-16)20(24)23-10-19-12-26-15-21(19,13-23)14-25-11-17-5-3-7-22-9-17;3-2(4,5)1(6)7/h2-9,19H,10-15H2,1H3;(H,6,7)/t19-,21-;/m1./s1. The van der Waals surface area contributed by atoms with Crippen molar-refractivity contribution in [3.63, 3.8) is 0 Å². The number of carbonyl (C=O) groups excluding carboxylic acids is 1. The Bertz CT molecular complexity index is 970. The van der Waals surface area contributed by atoms with E-state index in [2.05, 4.69) is 4.98 Å². The molecule has 1 aromatic carbocycles. The lowest BCUT2D eigenvalue weighted by Gasteiger charge is -2.27. The van der Waals surface area contributed by atoms with Crippen LogP contribution in [-0.2, 0) is 20.9 Å². The zero-order valence-electron chi connectivity index (χ0n) is 18.0. The lowest BCUT2D eigenvalue weighted by Crippen LogP contribution is -2.37. The van der Waals surface area contributed by atoms with Crippen LogP contribution in [0.25, 0.3) is 0 Å².